The Morgan fingerprint density at radius 2 is 1.94 bits per heavy atom. The molecule has 0 radical (unpaired) electrons. The molecule has 2 aromatic rings. The topological polar surface area (TPSA) is 25.2 Å². The minimum atomic E-state index is 0. The maximum absolute atomic E-state index is 6.09. The van der Waals surface area contributed by atoms with Gasteiger partial charge in [0.1, 0.15) is 11.5 Å². The number of nitrogens with one attached hydrogen (secondary N) is 1. The summed E-state index contributed by atoms with van der Waals surface area (Å²) in [6.07, 6.45) is 0. The molecule has 0 atom stereocenters. The lowest BCUT2D eigenvalue weighted by atomic mass is 10.2. The first-order valence-corrected chi connectivity index (χ1v) is 5.65. The average Bonchev–Trinajstić information content (AvgIpc) is 2.67. The molecule has 0 aliphatic heterocycles. The molecule has 2 nitrogen and oxygen atoms in total. The van der Waals surface area contributed by atoms with Crippen LogP contribution in [0.4, 0.5) is 0 Å². The normalized spacial score (nSPS) is 10.1. The second kappa shape index (κ2) is 6.31. The van der Waals surface area contributed by atoms with Crippen molar-refractivity contribution in [3.05, 3.63) is 46.1 Å². The molecule has 0 saturated carbocycles. The predicted molar refractivity (Wildman–Crippen MR) is 66.9 cm³/mol. The summed E-state index contributed by atoms with van der Waals surface area (Å²) in [6.45, 7) is 0.700. The van der Waals surface area contributed by atoms with Crippen molar-refractivity contribution in [3.63, 3.8) is 0 Å². The minimum absolute atomic E-state index is 0. The lowest BCUT2D eigenvalue weighted by Crippen LogP contribution is -3.00. The fraction of sp³-hybridized carbons (Fsp3) is 0.167. The van der Waals surface area contributed by atoms with Crippen molar-refractivity contribution in [3.8, 4) is 11.3 Å². The van der Waals surface area contributed by atoms with E-state index in [-0.39, 0.29) is 12.4 Å². The smallest absolute Gasteiger partial charge is 0.135 e. The third kappa shape index (κ3) is 3.39. The van der Waals surface area contributed by atoms with E-state index in [0.717, 1.165) is 17.1 Å². The minimum Gasteiger partial charge on any atom is -1.00 e. The van der Waals surface area contributed by atoms with Crippen molar-refractivity contribution in [2.45, 2.75) is 6.54 Å². The fourth-order valence-corrected chi connectivity index (χ4v) is 1.98. The van der Waals surface area contributed by atoms with Gasteiger partial charge in [-0.15, -0.1) is 0 Å². The molecule has 1 aromatic carbocycles. The second-order valence-electron chi connectivity index (χ2n) is 3.42. The molecule has 0 amide bonds. The summed E-state index contributed by atoms with van der Waals surface area (Å²) in [7, 11) is 1.87. The van der Waals surface area contributed by atoms with E-state index < -0.39 is 0 Å². The molecule has 17 heavy (non-hydrogen) atoms. The van der Waals surface area contributed by atoms with Gasteiger partial charge in [-0.05, 0) is 37.4 Å². The molecule has 0 aliphatic rings. The van der Waals surface area contributed by atoms with E-state index >= 15 is 0 Å². The Balaban J connectivity index is 0.00000144. The average molecular weight is 292 g/mol. The van der Waals surface area contributed by atoms with Crippen LogP contribution in [-0.2, 0) is 6.54 Å². The van der Waals surface area contributed by atoms with Gasteiger partial charge in [0.2, 0.25) is 0 Å². The van der Waals surface area contributed by atoms with E-state index in [0.29, 0.717) is 16.6 Å². The lowest BCUT2D eigenvalue weighted by Gasteiger charge is -2.01. The Hall–Kier alpha value is -0.670. The highest BCUT2D eigenvalue weighted by atomic mass is 35.5. The van der Waals surface area contributed by atoms with Gasteiger partial charge in [0.15, 0.2) is 0 Å². The highest BCUT2D eigenvalue weighted by Crippen LogP contribution is 2.31. The second-order valence-corrected chi connectivity index (χ2v) is 4.26. The molecule has 5 heteroatoms. The van der Waals surface area contributed by atoms with Crippen molar-refractivity contribution in [2.75, 3.05) is 7.05 Å². The van der Waals surface area contributed by atoms with Crippen molar-refractivity contribution in [1.29, 1.82) is 0 Å². The van der Waals surface area contributed by atoms with Crippen LogP contribution < -0.4 is 17.7 Å². The van der Waals surface area contributed by atoms with Gasteiger partial charge in [-0.1, -0.05) is 23.2 Å². The molecule has 1 aromatic heterocycles. The number of hydrogen-bond acceptors (Lipinski definition) is 2. The zero-order chi connectivity index (χ0) is 11.5. The van der Waals surface area contributed by atoms with E-state index in [4.69, 9.17) is 27.6 Å². The van der Waals surface area contributed by atoms with Crippen LogP contribution in [0, 0.1) is 0 Å². The molecule has 2 rings (SSSR count). The van der Waals surface area contributed by atoms with E-state index in [9.17, 15) is 0 Å². The molecule has 0 aliphatic carbocycles. The molecule has 0 spiro atoms. The first-order chi connectivity index (χ1) is 7.70. The van der Waals surface area contributed by atoms with Crippen LogP contribution in [0.3, 0.4) is 0 Å². The van der Waals surface area contributed by atoms with Crippen molar-refractivity contribution in [2.24, 2.45) is 0 Å². The van der Waals surface area contributed by atoms with Crippen LogP contribution in [0.15, 0.2) is 34.7 Å². The number of benzene rings is 1. The Labute approximate surface area is 116 Å². The standard InChI is InChI=1S/C12H11Cl2NO.ClH/c1-15-7-9-3-5-12(16-9)10-4-2-8(13)6-11(10)14;/h2-6,15H,7H2,1H3;1H/p-1. The van der Waals surface area contributed by atoms with Crippen LogP contribution in [-0.4, -0.2) is 7.05 Å². The molecule has 0 saturated heterocycles. The number of furan rings is 1. The van der Waals surface area contributed by atoms with Crippen molar-refractivity contribution in [1.82, 2.24) is 5.32 Å². The van der Waals surface area contributed by atoms with Gasteiger partial charge in [0.25, 0.3) is 0 Å². The molecule has 1 heterocycles. The van der Waals surface area contributed by atoms with Gasteiger partial charge in [0, 0.05) is 10.6 Å². The summed E-state index contributed by atoms with van der Waals surface area (Å²) in [6, 6.07) is 9.19. The van der Waals surface area contributed by atoms with Crippen molar-refractivity contribution >= 4 is 23.2 Å². The van der Waals surface area contributed by atoms with Crippen LogP contribution in [0.2, 0.25) is 10.0 Å². The zero-order valence-electron chi connectivity index (χ0n) is 9.14. The van der Waals surface area contributed by atoms with Crippen LogP contribution in [0.1, 0.15) is 5.76 Å². The predicted octanol–water partition coefficient (Wildman–Crippen LogP) is 0.977. The summed E-state index contributed by atoms with van der Waals surface area (Å²) in [4.78, 5) is 0. The molecular formula is C12H11Cl3NO-. The van der Waals surface area contributed by atoms with Gasteiger partial charge in [-0.25, -0.2) is 0 Å². The van der Waals surface area contributed by atoms with Crippen LogP contribution >= 0.6 is 23.2 Å². The number of rotatable bonds is 3. The molecule has 0 fully saturated rings. The van der Waals surface area contributed by atoms with Gasteiger partial charge < -0.3 is 22.1 Å². The quantitative estimate of drug-likeness (QED) is 0.912. The first-order valence-electron chi connectivity index (χ1n) is 4.89. The van der Waals surface area contributed by atoms with E-state index in [1.165, 1.54) is 0 Å². The highest BCUT2D eigenvalue weighted by Gasteiger charge is 2.08. The maximum Gasteiger partial charge on any atom is 0.135 e. The Bertz CT molecular complexity index is 496. The Morgan fingerprint density at radius 3 is 2.59 bits per heavy atom. The molecule has 0 bridgehead atoms. The van der Waals surface area contributed by atoms with Crippen LogP contribution in [0.25, 0.3) is 11.3 Å². The molecular weight excluding hydrogens is 280 g/mol. The van der Waals surface area contributed by atoms with Gasteiger partial charge >= 0.3 is 0 Å². The Kier molecular flexibility index (Phi) is 5.34. The van der Waals surface area contributed by atoms with Gasteiger partial charge in [-0.2, -0.15) is 0 Å². The third-order valence-electron chi connectivity index (χ3n) is 2.21. The number of hydrogen-bond donors (Lipinski definition) is 1. The Morgan fingerprint density at radius 1 is 1.18 bits per heavy atom. The summed E-state index contributed by atoms with van der Waals surface area (Å²) in [5.74, 6) is 1.63. The summed E-state index contributed by atoms with van der Waals surface area (Å²) in [5, 5.41) is 4.24. The summed E-state index contributed by atoms with van der Waals surface area (Å²) >= 11 is 11.9. The zero-order valence-corrected chi connectivity index (χ0v) is 11.4. The summed E-state index contributed by atoms with van der Waals surface area (Å²) < 4.78 is 5.64. The van der Waals surface area contributed by atoms with Crippen molar-refractivity contribution < 1.29 is 16.8 Å². The largest absolute Gasteiger partial charge is 1.00 e. The van der Waals surface area contributed by atoms with E-state index in [1.54, 1.807) is 12.1 Å². The molecule has 92 valence electrons. The third-order valence-corrected chi connectivity index (χ3v) is 2.76. The molecule has 1 N–H and O–H groups in total. The SMILES string of the molecule is CNCc1ccc(-c2ccc(Cl)cc2Cl)o1.[Cl-]. The molecule has 0 unspecified atom stereocenters. The first kappa shape index (κ1) is 14.4. The highest BCUT2D eigenvalue weighted by molar-refractivity contribution is 6.36. The summed E-state index contributed by atoms with van der Waals surface area (Å²) in [5.41, 5.74) is 0.855. The fourth-order valence-electron chi connectivity index (χ4n) is 1.48. The van der Waals surface area contributed by atoms with E-state index in [2.05, 4.69) is 5.32 Å². The van der Waals surface area contributed by atoms with Gasteiger partial charge in [-0.3, -0.25) is 0 Å². The number of halogens is 3. The van der Waals surface area contributed by atoms with Crippen LogP contribution in [0.5, 0.6) is 0 Å². The monoisotopic (exact) mass is 290 g/mol. The maximum atomic E-state index is 6.09. The van der Waals surface area contributed by atoms with E-state index in [1.807, 2.05) is 25.2 Å². The van der Waals surface area contributed by atoms with Gasteiger partial charge in [0.05, 0.1) is 11.6 Å². The lowest BCUT2D eigenvalue weighted by molar-refractivity contribution is -0.00000366.